The summed E-state index contributed by atoms with van der Waals surface area (Å²) in [6.45, 7) is 0. The monoisotopic (exact) mass is 244 g/mol. The van der Waals surface area contributed by atoms with Gasteiger partial charge < -0.3 is 5.32 Å². The molecule has 0 unspecified atom stereocenters. The summed E-state index contributed by atoms with van der Waals surface area (Å²) in [4.78, 5) is 10.8. The van der Waals surface area contributed by atoms with Crippen molar-refractivity contribution in [2.24, 2.45) is 0 Å². The average molecular weight is 244 g/mol. The van der Waals surface area contributed by atoms with E-state index in [-0.39, 0.29) is 11.8 Å². The van der Waals surface area contributed by atoms with Crippen LogP contribution in [0.3, 0.4) is 0 Å². The molecule has 0 saturated carbocycles. The molecule has 17 heavy (non-hydrogen) atoms. The summed E-state index contributed by atoms with van der Waals surface area (Å²) in [5.74, 6) is -0.139. The second kappa shape index (κ2) is 4.00. The van der Waals surface area contributed by atoms with Gasteiger partial charge in [0.2, 0.25) is 5.95 Å². The summed E-state index contributed by atoms with van der Waals surface area (Å²) in [6.07, 6.45) is -2.08. The van der Waals surface area contributed by atoms with Gasteiger partial charge in [-0.05, 0) is 0 Å². The van der Waals surface area contributed by atoms with Crippen LogP contribution in [0.15, 0.2) is 18.7 Å². The Balaban J connectivity index is 2.54. The van der Waals surface area contributed by atoms with Crippen molar-refractivity contribution in [2.45, 2.75) is 6.18 Å². The molecule has 2 aromatic rings. The van der Waals surface area contributed by atoms with E-state index in [4.69, 9.17) is 0 Å². The minimum atomic E-state index is -4.54. The molecule has 2 rings (SSSR count). The summed E-state index contributed by atoms with van der Waals surface area (Å²) in [5, 5.41) is 6.16. The fourth-order valence-corrected chi connectivity index (χ4v) is 1.14. The van der Waals surface area contributed by atoms with E-state index in [1.165, 1.54) is 19.7 Å². The molecule has 0 bridgehead atoms. The Labute approximate surface area is 93.5 Å². The molecule has 0 aliphatic heterocycles. The van der Waals surface area contributed by atoms with Crippen molar-refractivity contribution < 1.29 is 13.2 Å². The first kappa shape index (κ1) is 11.3. The first-order chi connectivity index (χ1) is 8.00. The minimum absolute atomic E-state index is 0.00539. The molecular weight excluding hydrogens is 237 g/mol. The van der Waals surface area contributed by atoms with Crippen LogP contribution in [0.2, 0.25) is 0 Å². The third-order valence-electron chi connectivity index (χ3n) is 1.88. The lowest BCUT2D eigenvalue weighted by atomic mass is 10.4. The number of halogens is 3. The normalized spacial score (nSPS) is 11.5. The lowest BCUT2D eigenvalue weighted by Gasteiger charge is -2.09. The smallest absolute Gasteiger partial charge is 0.357 e. The highest BCUT2D eigenvalue weighted by molar-refractivity contribution is 5.34. The van der Waals surface area contributed by atoms with E-state index in [1.807, 2.05) is 0 Å². The Morgan fingerprint density at radius 2 is 2.06 bits per heavy atom. The molecule has 0 atom stereocenters. The molecule has 0 aliphatic rings. The van der Waals surface area contributed by atoms with Gasteiger partial charge >= 0.3 is 6.18 Å². The number of hydrogen-bond donors (Lipinski definition) is 1. The van der Waals surface area contributed by atoms with Gasteiger partial charge in [0, 0.05) is 13.1 Å². The van der Waals surface area contributed by atoms with Crippen LogP contribution in [-0.2, 0) is 6.18 Å². The van der Waals surface area contributed by atoms with Crippen LogP contribution < -0.4 is 5.32 Å². The second-order valence-corrected chi connectivity index (χ2v) is 3.02. The van der Waals surface area contributed by atoms with Crippen molar-refractivity contribution in [2.75, 3.05) is 12.4 Å². The standard InChI is InChI=1S/C8H7F3N6/c1-12-7-15-5(8(9,10)11)2-6(16-7)17-4-13-3-14-17/h2-4H,1H3,(H,12,15,16). The van der Waals surface area contributed by atoms with Gasteiger partial charge in [0.15, 0.2) is 11.5 Å². The Kier molecular flexibility index (Phi) is 2.66. The highest BCUT2D eigenvalue weighted by Crippen LogP contribution is 2.29. The van der Waals surface area contributed by atoms with E-state index in [0.717, 1.165) is 10.7 Å². The predicted octanol–water partition coefficient (Wildman–Crippen LogP) is 1.12. The molecule has 0 saturated heterocycles. The van der Waals surface area contributed by atoms with Crippen molar-refractivity contribution in [1.82, 2.24) is 24.7 Å². The SMILES string of the molecule is CNc1nc(-n2cncn2)cc(C(F)(F)F)n1. The summed E-state index contributed by atoms with van der Waals surface area (Å²) < 4.78 is 38.8. The van der Waals surface area contributed by atoms with E-state index in [9.17, 15) is 13.2 Å². The van der Waals surface area contributed by atoms with Gasteiger partial charge in [0.25, 0.3) is 0 Å². The maximum atomic E-state index is 12.6. The zero-order valence-corrected chi connectivity index (χ0v) is 8.60. The quantitative estimate of drug-likeness (QED) is 0.857. The van der Waals surface area contributed by atoms with Crippen molar-refractivity contribution in [1.29, 1.82) is 0 Å². The number of alkyl halides is 3. The largest absolute Gasteiger partial charge is 0.433 e. The van der Waals surface area contributed by atoms with E-state index >= 15 is 0 Å². The molecule has 0 amide bonds. The fourth-order valence-electron chi connectivity index (χ4n) is 1.14. The third kappa shape index (κ3) is 2.32. The van der Waals surface area contributed by atoms with E-state index in [0.29, 0.717) is 0 Å². The van der Waals surface area contributed by atoms with E-state index in [2.05, 4.69) is 25.4 Å². The summed E-state index contributed by atoms with van der Waals surface area (Å²) >= 11 is 0. The van der Waals surface area contributed by atoms with Gasteiger partial charge in [-0.2, -0.15) is 23.3 Å². The molecule has 1 N–H and O–H groups in total. The average Bonchev–Trinajstić information content (AvgIpc) is 2.80. The Hall–Kier alpha value is -2.19. The maximum absolute atomic E-state index is 12.6. The van der Waals surface area contributed by atoms with Crippen LogP contribution >= 0.6 is 0 Å². The first-order valence-electron chi connectivity index (χ1n) is 4.50. The zero-order chi connectivity index (χ0) is 12.5. The van der Waals surface area contributed by atoms with Gasteiger partial charge in [-0.15, -0.1) is 0 Å². The Morgan fingerprint density at radius 1 is 1.29 bits per heavy atom. The molecule has 90 valence electrons. The summed E-state index contributed by atoms with van der Waals surface area (Å²) in [5.41, 5.74) is -1.04. The van der Waals surface area contributed by atoms with E-state index < -0.39 is 11.9 Å². The van der Waals surface area contributed by atoms with Crippen LogP contribution in [0.25, 0.3) is 5.82 Å². The molecule has 0 aliphatic carbocycles. The van der Waals surface area contributed by atoms with Crippen molar-refractivity contribution in [3.8, 4) is 5.82 Å². The number of nitrogens with one attached hydrogen (secondary N) is 1. The van der Waals surface area contributed by atoms with Crippen LogP contribution in [0.1, 0.15) is 5.69 Å². The lowest BCUT2D eigenvalue weighted by molar-refractivity contribution is -0.141. The Morgan fingerprint density at radius 3 is 2.59 bits per heavy atom. The molecule has 6 nitrogen and oxygen atoms in total. The van der Waals surface area contributed by atoms with E-state index in [1.54, 1.807) is 0 Å². The molecule has 2 aromatic heterocycles. The third-order valence-corrected chi connectivity index (χ3v) is 1.88. The van der Waals surface area contributed by atoms with Gasteiger partial charge in [-0.1, -0.05) is 0 Å². The molecule has 0 radical (unpaired) electrons. The molecule has 0 spiro atoms. The molecule has 2 heterocycles. The highest BCUT2D eigenvalue weighted by Gasteiger charge is 2.33. The van der Waals surface area contributed by atoms with Crippen molar-refractivity contribution in [3.63, 3.8) is 0 Å². The summed E-state index contributed by atoms with van der Waals surface area (Å²) in [7, 11) is 1.43. The van der Waals surface area contributed by atoms with Crippen molar-refractivity contribution >= 4 is 5.95 Å². The lowest BCUT2D eigenvalue weighted by Crippen LogP contribution is -2.13. The summed E-state index contributed by atoms with van der Waals surface area (Å²) in [6, 6.07) is 0.801. The van der Waals surface area contributed by atoms with Crippen LogP contribution in [0, 0.1) is 0 Å². The second-order valence-electron chi connectivity index (χ2n) is 3.02. The van der Waals surface area contributed by atoms with Crippen LogP contribution in [-0.4, -0.2) is 31.8 Å². The number of rotatable bonds is 2. The van der Waals surface area contributed by atoms with Gasteiger partial charge in [0.1, 0.15) is 12.7 Å². The highest BCUT2D eigenvalue weighted by atomic mass is 19.4. The Bertz CT molecular complexity index is 506. The zero-order valence-electron chi connectivity index (χ0n) is 8.60. The molecule has 9 heteroatoms. The van der Waals surface area contributed by atoms with Crippen molar-refractivity contribution in [3.05, 3.63) is 24.4 Å². The number of anilines is 1. The van der Waals surface area contributed by atoms with Gasteiger partial charge in [-0.25, -0.2) is 14.6 Å². The number of nitrogens with zero attached hydrogens (tertiary/aromatic N) is 5. The van der Waals surface area contributed by atoms with Gasteiger partial charge in [0.05, 0.1) is 0 Å². The first-order valence-corrected chi connectivity index (χ1v) is 4.50. The molecule has 0 fully saturated rings. The number of aromatic nitrogens is 5. The minimum Gasteiger partial charge on any atom is -0.357 e. The van der Waals surface area contributed by atoms with Gasteiger partial charge in [-0.3, -0.25) is 0 Å². The van der Waals surface area contributed by atoms with Crippen LogP contribution in [0.4, 0.5) is 19.1 Å². The fraction of sp³-hybridized carbons (Fsp3) is 0.250. The molecule has 0 aromatic carbocycles. The van der Waals surface area contributed by atoms with Crippen LogP contribution in [0.5, 0.6) is 0 Å². The topological polar surface area (TPSA) is 68.5 Å². The predicted molar refractivity (Wildman–Crippen MR) is 51.5 cm³/mol. The number of hydrogen-bond acceptors (Lipinski definition) is 5. The molecular formula is C8H7F3N6. The maximum Gasteiger partial charge on any atom is 0.433 e.